The third-order valence-electron chi connectivity index (χ3n) is 3.75. The lowest BCUT2D eigenvalue weighted by atomic mass is 10.1. The molecular weight excluding hydrogens is 351 g/mol. The van der Waals surface area contributed by atoms with Crippen molar-refractivity contribution in [1.82, 2.24) is 4.98 Å². The van der Waals surface area contributed by atoms with Crippen LogP contribution in [-0.2, 0) is 11.2 Å². The average Bonchev–Trinajstić information content (AvgIpc) is 3.09. The van der Waals surface area contributed by atoms with Crippen LogP contribution in [0.5, 0.6) is 5.75 Å². The fourth-order valence-corrected chi connectivity index (χ4v) is 3.20. The summed E-state index contributed by atoms with van der Waals surface area (Å²) in [5.41, 5.74) is 3.62. The highest BCUT2D eigenvalue weighted by Gasteiger charge is 2.13. The molecule has 2 aromatic carbocycles. The highest BCUT2D eigenvalue weighted by Crippen LogP contribution is 2.23. The molecule has 26 heavy (non-hydrogen) atoms. The van der Waals surface area contributed by atoms with E-state index >= 15 is 0 Å². The number of carbonyl (C=O) groups excluding carboxylic acids is 1. The summed E-state index contributed by atoms with van der Waals surface area (Å²) in [5.74, 6) is -0.622. The van der Waals surface area contributed by atoms with Crippen LogP contribution in [0.2, 0.25) is 0 Å². The van der Waals surface area contributed by atoms with Gasteiger partial charge in [0.15, 0.2) is 11.6 Å². The molecule has 0 spiro atoms. The lowest BCUT2D eigenvalue weighted by Gasteiger charge is -2.09. The van der Waals surface area contributed by atoms with Crippen molar-refractivity contribution in [1.29, 1.82) is 0 Å². The number of amides is 1. The van der Waals surface area contributed by atoms with E-state index in [2.05, 4.69) is 10.3 Å². The Bertz CT molecular complexity index is 936. The van der Waals surface area contributed by atoms with Crippen LogP contribution in [0.4, 0.5) is 10.1 Å². The Labute approximate surface area is 155 Å². The summed E-state index contributed by atoms with van der Waals surface area (Å²) in [7, 11) is 0. The Balaban J connectivity index is 1.65. The SMILES string of the molecule is CCC=CCOc1cccc(CC(=O)Nc2ccc3ncsc3c2)c1F. The number of carbonyl (C=O) groups is 1. The van der Waals surface area contributed by atoms with Gasteiger partial charge in [-0.1, -0.05) is 31.2 Å². The predicted molar refractivity (Wildman–Crippen MR) is 103 cm³/mol. The van der Waals surface area contributed by atoms with Crippen LogP contribution in [0.15, 0.2) is 54.1 Å². The summed E-state index contributed by atoms with van der Waals surface area (Å²) in [6, 6.07) is 10.3. The van der Waals surface area contributed by atoms with Gasteiger partial charge in [-0.15, -0.1) is 11.3 Å². The molecule has 6 heteroatoms. The zero-order chi connectivity index (χ0) is 18.4. The summed E-state index contributed by atoms with van der Waals surface area (Å²) < 4.78 is 20.9. The minimum Gasteiger partial charge on any atom is -0.486 e. The molecule has 3 aromatic rings. The molecule has 3 rings (SSSR count). The van der Waals surface area contributed by atoms with E-state index in [1.54, 1.807) is 29.8 Å². The number of benzene rings is 2. The number of hydrogen-bond acceptors (Lipinski definition) is 4. The topological polar surface area (TPSA) is 51.2 Å². The fraction of sp³-hybridized carbons (Fsp3) is 0.200. The Morgan fingerprint density at radius 1 is 1.31 bits per heavy atom. The van der Waals surface area contributed by atoms with Gasteiger partial charge in [-0.05, 0) is 30.7 Å². The first-order chi connectivity index (χ1) is 12.7. The van der Waals surface area contributed by atoms with Gasteiger partial charge in [0.05, 0.1) is 22.1 Å². The fourth-order valence-electron chi connectivity index (χ4n) is 2.49. The minimum absolute atomic E-state index is 0.0610. The van der Waals surface area contributed by atoms with Crippen LogP contribution < -0.4 is 10.1 Å². The lowest BCUT2D eigenvalue weighted by Crippen LogP contribution is -2.15. The van der Waals surface area contributed by atoms with Gasteiger partial charge in [0, 0.05) is 11.3 Å². The maximum atomic E-state index is 14.5. The Morgan fingerprint density at radius 3 is 3.04 bits per heavy atom. The minimum atomic E-state index is -0.495. The van der Waals surface area contributed by atoms with Crippen LogP contribution in [0.25, 0.3) is 10.2 Å². The van der Waals surface area contributed by atoms with E-state index in [9.17, 15) is 9.18 Å². The smallest absolute Gasteiger partial charge is 0.228 e. The number of fused-ring (bicyclic) bond motifs is 1. The maximum Gasteiger partial charge on any atom is 0.228 e. The van der Waals surface area contributed by atoms with E-state index in [1.165, 1.54) is 11.3 Å². The number of anilines is 1. The molecule has 1 heterocycles. The Morgan fingerprint density at radius 2 is 2.19 bits per heavy atom. The average molecular weight is 370 g/mol. The van der Waals surface area contributed by atoms with Crippen LogP contribution in [0.1, 0.15) is 18.9 Å². The number of halogens is 1. The standard InChI is InChI=1S/C20H19FN2O2S/c1-2-3-4-10-25-17-7-5-6-14(20(17)21)11-19(24)23-15-8-9-16-18(12-15)26-13-22-16/h3-9,12-13H,2,10-11H2,1H3,(H,23,24). The molecule has 0 aliphatic heterocycles. The molecule has 0 aliphatic rings. The van der Waals surface area contributed by atoms with Crippen LogP contribution in [0, 0.1) is 5.82 Å². The zero-order valence-electron chi connectivity index (χ0n) is 14.4. The molecule has 0 bridgehead atoms. The molecule has 0 saturated carbocycles. The van der Waals surface area contributed by atoms with Crippen molar-refractivity contribution in [3.63, 3.8) is 0 Å². The van der Waals surface area contributed by atoms with Gasteiger partial charge in [-0.2, -0.15) is 0 Å². The predicted octanol–water partition coefficient (Wildman–Crippen LogP) is 4.96. The van der Waals surface area contributed by atoms with Gasteiger partial charge in [0.25, 0.3) is 0 Å². The summed E-state index contributed by atoms with van der Waals surface area (Å²) >= 11 is 1.50. The monoisotopic (exact) mass is 370 g/mol. The van der Waals surface area contributed by atoms with Crippen molar-refractivity contribution < 1.29 is 13.9 Å². The molecule has 0 fully saturated rings. The largest absolute Gasteiger partial charge is 0.486 e. The number of thiazole rings is 1. The van der Waals surface area contributed by atoms with Crippen molar-refractivity contribution >= 4 is 33.1 Å². The van der Waals surface area contributed by atoms with Crippen molar-refractivity contribution in [3.05, 3.63) is 65.4 Å². The van der Waals surface area contributed by atoms with Gasteiger partial charge in [0.2, 0.25) is 5.91 Å². The molecule has 4 nitrogen and oxygen atoms in total. The Kier molecular flexibility index (Phi) is 5.96. The molecular formula is C20H19FN2O2S. The van der Waals surface area contributed by atoms with Gasteiger partial charge < -0.3 is 10.1 Å². The number of ether oxygens (including phenoxy) is 1. The molecule has 1 aromatic heterocycles. The molecule has 0 unspecified atom stereocenters. The van der Waals surface area contributed by atoms with E-state index in [-0.39, 0.29) is 18.1 Å². The number of aromatic nitrogens is 1. The molecule has 0 atom stereocenters. The summed E-state index contributed by atoms with van der Waals surface area (Å²) in [6.45, 7) is 2.32. The first-order valence-electron chi connectivity index (χ1n) is 8.35. The van der Waals surface area contributed by atoms with Crippen molar-refractivity contribution in [2.24, 2.45) is 0 Å². The van der Waals surface area contributed by atoms with Crippen molar-refractivity contribution in [3.8, 4) is 5.75 Å². The van der Waals surface area contributed by atoms with E-state index in [0.29, 0.717) is 17.9 Å². The summed E-state index contributed by atoms with van der Waals surface area (Å²) in [6.07, 6.45) is 4.64. The first kappa shape index (κ1) is 18.1. The lowest BCUT2D eigenvalue weighted by molar-refractivity contribution is -0.115. The molecule has 0 aliphatic carbocycles. The van der Waals surface area contributed by atoms with E-state index in [0.717, 1.165) is 16.6 Å². The molecule has 1 amide bonds. The molecule has 1 N–H and O–H groups in total. The second kappa shape index (κ2) is 8.58. The number of allylic oxidation sites excluding steroid dienone is 1. The molecule has 0 saturated heterocycles. The van der Waals surface area contributed by atoms with Gasteiger partial charge in [-0.25, -0.2) is 9.37 Å². The van der Waals surface area contributed by atoms with Crippen LogP contribution >= 0.6 is 11.3 Å². The summed E-state index contributed by atoms with van der Waals surface area (Å²) in [4.78, 5) is 16.5. The van der Waals surface area contributed by atoms with Crippen LogP contribution in [-0.4, -0.2) is 17.5 Å². The van der Waals surface area contributed by atoms with Crippen molar-refractivity contribution in [2.45, 2.75) is 19.8 Å². The number of rotatable bonds is 7. The zero-order valence-corrected chi connectivity index (χ0v) is 15.2. The van der Waals surface area contributed by atoms with E-state index in [4.69, 9.17) is 4.74 Å². The molecule has 0 radical (unpaired) electrons. The number of hydrogen-bond donors (Lipinski definition) is 1. The van der Waals surface area contributed by atoms with E-state index < -0.39 is 5.82 Å². The van der Waals surface area contributed by atoms with Crippen LogP contribution in [0.3, 0.4) is 0 Å². The number of nitrogens with zero attached hydrogens (tertiary/aromatic N) is 1. The first-order valence-corrected chi connectivity index (χ1v) is 9.23. The van der Waals surface area contributed by atoms with Gasteiger partial charge in [-0.3, -0.25) is 4.79 Å². The highest BCUT2D eigenvalue weighted by atomic mass is 32.1. The number of nitrogens with one attached hydrogen (secondary N) is 1. The van der Waals surface area contributed by atoms with Gasteiger partial charge >= 0.3 is 0 Å². The molecule has 134 valence electrons. The van der Waals surface area contributed by atoms with Gasteiger partial charge in [0.1, 0.15) is 6.61 Å². The second-order valence-electron chi connectivity index (χ2n) is 5.68. The third-order valence-corrected chi connectivity index (χ3v) is 4.54. The quantitative estimate of drug-likeness (QED) is 0.598. The van der Waals surface area contributed by atoms with E-state index in [1.807, 2.05) is 31.2 Å². The summed E-state index contributed by atoms with van der Waals surface area (Å²) in [5, 5.41) is 2.80. The Hall–Kier alpha value is -2.73. The third kappa shape index (κ3) is 4.46. The second-order valence-corrected chi connectivity index (χ2v) is 6.57. The normalized spacial score (nSPS) is 11.2. The highest BCUT2D eigenvalue weighted by molar-refractivity contribution is 7.16. The van der Waals surface area contributed by atoms with Crippen molar-refractivity contribution in [2.75, 3.05) is 11.9 Å². The maximum absolute atomic E-state index is 14.5.